The van der Waals surface area contributed by atoms with E-state index in [2.05, 4.69) is 15.5 Å². The summed E-state index contributed by atoms with van der Waals surface area (Å²) >= 11 is 6.18. The van der Waals surface area contributed by atoms with Crippen molar-refractivity contribution in [2.75, 3.05) is 5.32 Å². The Morgan fingerprint density at radius 2 is 1.86 bits per heavy atom. The number of nitrogens with one attached hydrogen (secondary N) is 1. The number of aromatic nitrogens is 3. The summed E-state index contributed by atoms with van der Waals surface area (Å²) in [7, 11) is 0. The predicted octanol–water partition coefficient (Wildman–Crippen LogP) is 3.60. The van der Waals surface area contributed by atoms with Gasteiger partial charge in [-0.25, -0.2) is 0 Å². The van der Waals surface area contributed by atoms with Gasteiger partial charge in [-0.15, -0.1) is 10.2 Å². The highest BCUT2D eigenvalue weighted by atomic mass is 35.5. The summed E-state index contributed by atoms with van der Waals surface area (Å²) in [5, 5.41) is 16.9. The van der Waals surface area contributed by atoms with Crippen LogP contribution in [0.5, 0.6) is 0 Å². The quantitative estimate of drug-likeness (QED) is 0.584. The fourth-order valence-electron chi connectivity index (χ4n) is 2.46. The van der Waals surface area contributed by atoms with E-state index in [4.69, 9.17) is 16.7 Å². The number of aryl methyl sites for hydroxylation is 1. The van der Waals surface area contributed by atoms with Crippen molar-refractivity contribution >= 4 is 28.9 Å². The van der Waals surface area contributed by atoms with Gasteiger partial charge in [-0.2, -0.15) is 9.78 Å². The zero-order chi connectivity index (χ0) is 15.1. The molecule has 0 aliphatic carbocycles. The van der Waals surface area contributed by atoms with Crippen LogP contribution in [-0.2, 0) is 0 Å². The minimum absolute atomic E-state index is 0.590. The van der Waals surface area contributed by atoms with Crippen LogP contribution in [0.2, 0.25) is 5.02 Å². The largest absolute Gasteiger partial charge is 0.322 e. The zero-order valence-corrected chi connectivity index (χ0v) is 12.5. The molecule has 0 fully saturated rings. The average molecular weight is 310 g/mol. The summed E-state index contributed by atoms with van der Waals surface area (Å²) in [4.78, 5) is 0. The van der Waals surface area contributed by atoms with E-state index in [9.17, 15) is 0 Å². The molecule has 0 amide bonds. The number of anilines is 2. The standard InChI is InChI=1S/C16H12ClN5/c1-10-19-20-16-18-14-8-7-12(17)9-13(14)15(21-22(10)16)11-5-3-2-4-6-11/h2-9H,1H3,(H,18,20). The first-order valence-corrected chi connectivity index (χ1v) is 7.23. The molecular formula is C16H12ClN5. The molecule has 2 aromatic carbocycles. The lowest BCUT2D eigenvalue weighted by Gasteiger charge is -2.10. The third-order valence-corrected chi connectivity index (χ3v) is 3.76. The molecule has 4 rings (SSSR count). The van der Waals surface area contributed by atoms with Gasteiger partial charge in [-0.1, -0.05) is 41.9 Å². The average Bonchev–Trinajstić information content (AvgIpc) is 2.79. The summed E-state index contributed by atoms with van der Waals surface area (Å²) in [6.45, 7) is 1.87. The number of halogens is 1. The molecule has 1 aliphatic heterocycles. The molecule has 0 spiro atoms. The molecule has 0 saturated heterocycles. The number of rotatable bonds is 1. The van der Waals surface area contributed by atoms with E-state index in [1.54, 1.807) is 4.68 Å². The SMILES string of the molecule is Cc1nnc2n1N=C(c1ccccc1)c1cc(Cl)ccc1N2. The third kappa shape index (κ3) is 2.07. The number of nitrogens with zero attached hydrogens (tertiary/aromatic N) is 4. The molecule has 5 nitrogen and oxygen atoms in total. The van der Waals surface area contributed by atoms with Gasteiger partial charge in [0.05, 0.1) is 5.69 Å². The summed E-state index contributed by atoms with van der Waals surface area (Å²) < 4.78 is 1.70. The summed E-state index contributed by atoms with van der Waals surface area (Å²) in [5.74, 6) is 1.31. The fraction of sp³-hybridized carbons (Fsp3) is 0.0625. The topological polar surface area (TPSA) is 55.1 Å². The van der Waals surface area contributed by atoms with Crippen molar-refractivity contribution in [3.8, 4) is 0 Å². The van der Waals surface area contributed by atoms with Gasteiger partial charge in [0.1, 0.15) is 5.71 Å². The Balaban J connectivity index is 2.02. The van der Waals surface area contributed by atoms with E-state index >= 15 is 0 Å². The van der Waals surface area contributed by atoms with Crippen LogP contribution in [-0.4, -0.2) is 20.6 Å². The molecule has 0 atom stereocenters. The van der Waals surface area contributed by atoms with Crippen LogP contribution in [0.15, 0.2) is 53.6 Å². The Kier molecular flexibility index (Phi) is 2.94. The number of hydrogen-bond donors (Lipinski definition) is 1. The second-order valence-electron chi connectivity index (χ2n) is 5.01. The highest BCUT2D eigenvalue weighted by molar-refractivity contribution is 6.31. The van der Waals surface area contributed by atoms with E-state index in [-0.39, 0.29) is 0 Å². The Labute approximate surface area is 132 Å². The van der Waals surface area contributed by atoms with Gasteiger partial charge in [-0.05, 0) is 25.1 Å². The maximum absolute atomic E-state index is 6.18. The van der Waals surface area contributed by atoms with Gasteiger partial charge in [0.15, 0.2) is 5.82 Å². The minimum Gasteiger partial charge on any atom is -0.322 e. The molecule has 0 radical (unpaired) electrons. The van der Waals surface area contributed by atoms with Crippen molar-refractivity contribution in [1.82, 2.24) is 14.9 Å². The van der Waals surface area contributed by atoms with E-state index < -0.39 is 0 Å². The molecule has 108 valence electrons. The van der Waals surface area contributed by atoms with Gasteiger partial charge in [0, 0.05) is 16.1 Å². The first-order valence-electron chi connectivity index (χ1n) is 6.86. The number of benzene rings is 2. The van der Waals surface area contributed by atoms with Gasteiger partial charge >= 0.3 is 0 Å². The number of hydrogen-bond acceptors (Lipinski definition) is 4. The van der Waals surface area contributed by atoms with Crippen molar-refractivity contribution in [2.45, 2.75) is 6.92 Å². The van der Waals surface area contributed by atoms with Crippen LogP contribution in [0, 0.1) is 6.92 Å². The van der Waals surface area contributed by atoms with Gasteiger partial charge < -0.3 is 5.32 Å². The third-order valence-electron chi connectivity index (χ3n) is 3.53. The van der Waals surface area contributed by atoms with Crippen LogP contribution < -0.4 is 5.32 Å². The van der Waals surface area contributed by atoms with Gasteiger partial charge in [0.25, 0.3) is 0 Å². The van der Waals surface area contributed by atoms with Crippen molar-refractivity contribution < 1.29 is 0 Å². The molecular weight excluding hydrogens is 298 g/mol. The molecule has 6 heteroatoms. The maximum Gasteiger partial charge on any atom is 0.250 e. The molecule has 1 aliphatic rings. The molecule has 0 unspecified atom stereocenters. The van der Waals surface area contributed by atoms with Crippen molar-refractivity contribution in [3.63, 3.8) is 0 Å². The summed E-state index contributed by atoms with van der Waals surface area (Å²) in [5.41, 5.74) is 3.67. The lowest BCUT2D eigenvalue weighted by Crippen LogP contribution is -2.06. The monoisotopic (exact) mass is 309 g/mol. The van der Waals surface area contributed by atoms with Crippen molar-refractivity contribution in [3.05, 3.63) is 70.5 Å². The Morgan fingerprint density at radius 1 is 1.05 bits per heavy atom. The molecule has 3 aromatic rings. The van der Waals surface area contributed by atoms with Gasteiger partial charge in [-0.3, -0.25) is 0 Å². The Hall–Kier alpha value is -2.66. The molecule has 22 heavy (non-hydrogen) atoms. The lowest BCUT2D eigenvalue weighted by atomic mass is 10.0. The highest BCUT2D eigenvalue weighted by Gasteiger charge is 2.20. The van der Waals surface area contributed by atoms with Crippen LogP contribution >= 0.6 is 11.6 Å². The van der Waals surface area contributed by atoms with Gasteiger partial charge in [0.2, 0.25) is 5.95 Å². The number of fused-ring (bicyclic) bond motifs is 2. The molecule has 0 bridgehead atoms. The Morgan fingerprint density at radius 3 is 2.68 bits per heavy atom. The zero-order valence-electron chi connectivity index (χ0n) is 11.8. The van der Waals surface area contributed by atoms with Crippen LogP contribution in [0.3, 0.4) is 0 Å². The van der Waals surface area contributed by atoms with E-state index in [0.717, 1.165) is 28.4 Å². The molecule has 2 heterocycles. The second-order valence-corrected chi connectivity index (χ2v) is 5.45. The molecule has 1 N–H and O–H groups in total. The first kappa shape index (κ1) is 13.0. The Bertz CT molecular complexity index is 883. The van der Waals surface area contributed by atoms with Crippen molar-refractivity contribution in [2.24, 2.45) is 5.10 Å². The van der Waals surface area contributed by atoms with E-state index in [0.29, 0.717) is 11.0 Å². The predicted molar refractivity (Wildman–Crippen MR) is 87.0 cm³/mol. The van der Waals surface area contributed by atoms with Crippen molar-refractivity contribution in [1.29, 1.82) is 0 Å². The second kappa shape index (κ2) is 4.96. The van der Waals surface area contributed by atoms with Crippen LogP contribution in [0.25, 0.3) is 0 Å². The fourth-order valence-corrected chi connectivity index (χ4v) is 2.63. The van der Waals surface area contributed by atoms with E-state index in [1.165, 1.54) is 0 Å². The van der Waals surface area contributed by atoms with E-state index in [1.807, 2.05) is 55.5 Å². The lowest BCUT2D eigenvalue weighted by molar-refractivity contribution is 0.838. The minimum atomic E-state index is 0.590. The first-order chi connectivity index (χ1) is 10.7. The summed E-state index contributed by atoms with van der Waals surface area (Å²) in [6, 6.07) is 15.7. The smallest absolute Gasteiger partial charge is 0.250 e. The molecule has 0 saturated carbocycles. The molecule has 1 aromatic heterocycles. The van der Waals surface area contributed by atoms with Crippen LogP contribution in [0.4, 0.5) is 11.6 Å². The maximum atomic E-state index is 6.18. The highest BCUT2D eigenvalue weighted by Crippen LogP contribution is 2.29. The van der Waals surface area contributed by atoms with Crippen LogP contribution in [0.1, 0.15) is 17.0 Å². The summed E-state index contributed by atoms with van der Waals surface area (Å²) in [6.07, 6.45) is 0. The normalized spacial score (nSPS) is 12.7.